The molecule has 2 N–H and O–H groups in total. The Balaban J connectivity index is 3.08. The molecule has 0 aliphatic carbocycles. The molecule has 1 aromatic rings. The van der Waals surface area contributed by atoms with Crippen LogP contribution in [0.2, 0.25) is 0 Å². The predicted molar refractivity (Wildman–Crippen MR) is 46.4 cm³/mol. The van der Waals surface area contributed by atoms with Crippen molar-refractivity contribution in [1.82, 2.24) is 0 Å². The number of rotatable bonds is 4. The number of hydrogen-bond acceptors (Lipinski definition) is 2. The van der Waals surface area contributed by atoms with E-state index in [2.05, 4.69) is 0 Å². The topological polar surface area (TPSA) is 32.3 Å². The zero-order valence-corrected chi connectivity index (χ0v) is 7.96. The minimum atomic E-state index is -2.19. The fraction of sp³-hybridized carbons (Fsp3) is 0.333. The normalized spacial score (nSPS) is 10.6. The van der Waals surface area contributed by atoms with Crippen LogP contribution in [0.5, 0.6) is 0 Å². The van der Waals surface area contributed by atoms with E-state index in [-0.39, 0.29) is 19.6 Å². The van der Waals surface area contributed by atoms with Gasteiger partial charge in [0.25, 0.3) is 0 Å². The maximum absolute atomic E-state index is 13.0. The fourth-order valence-corrected chi connectivity index (χ4v) is 1.05. The number of nitrogens with one attached hydrogen (secondary N) is 1. The van der Waals surface area contributed by atoms with E-state index in [0.29, 0.717) is 0 Å². The number of aliphatic hydroxyl groups is 1. The van der Waals surface area contributed by atoms with Crippen LogP contribution in [0.25, 0.3) is 0 Å². The Morgan fingerprint density at radius 3 is 1.69 bits per heavy atom. The van der Waals surface area contributed by atoms with Gasteiger partial charge in [-0.05, 0) is 6.42 Å². The molecule has 16 heavy (non-hydrogen) atoms. The molecule has 1 rings (SSSR count). The average molecular weight is 241 g/mol. The number of benzene rings is 1. The summed E-state index contributed by atoms with van der Waals surface area (Å²) in [6.07, 6.45) is 0.124. The second kappa shape index (κ2) is 5.11. The van der Waals surface area contributed by atoms with Gasteiger partial charge in [0.2, 0.25) is 5.82 Å². The van der Waals surface area contributed by atoms with Gasteiger partial charge in [-0.2, -0.15) is 0 Å². The van der Waals surface area contributed by atoms with Gasteiger partial charge in [-0.25, -0.2) is 22.0 Å². The summed E-state index contributed by atoms with van der Waals surface area (Å²) in [5.41, 5.74) is -1.08. The highest BCUT2D eigenvalue weighted by Gasteiger charge is 2.25. The van der Waals surface area contributed by atoms with Crippen LogP contribution in [0.4, 0.5) is 27.6 Å². The Morgan fingerprint density at radius 2 is 1.25 bits per heavy atom. The molecule has 0 saturated heterocycles. The van der Waals surface area contributed by atoms with Gasteiger partial charge in [-0.1, -0.05) is 0 Å². The monoisotopic (exact) mass is 241 g/mol. The third kappa shape index (κ3) is 2.24. The van der Waals surface area contributed by atoms with Crippen molar-refractivity contribution in [3.8, 4) is 0 Å². The zero-order valence-electron chi connectivity index (χ0n) is 7.96. The average Bonchev–Trinajstić information content (AvgIpc) is 2.28. The molecule has 0 spiro atoms. The van der Waals surface area contributed by atoms with Crippen LogP contribution in [-0.4, -0.2) is 18.3 Å². The van der Waals surface area contributed by atoms with Crippen LogP contribution >= 0.6 is 0 Å². The molecule has 0 heterocycles. The van der Waals surface area contributed by atoms with E-state index in [4.69, 9.17) is 5.11 Å². The Kier molecular flexibility index (Phi) is 4.05. The maximum Gasteiger partial charge on any atom is 0.200 e. The molecule has 0 unspecified atom stereocenters. The lowest BCUT2D eigenvalue weighted by atomic mass is 10.2. The summed E-state index contributed by atoms with van der Waals surface area (Å²) in [6, 6.07) is 0. The first-order valence-corrected chi connectivity index (χ1v) is 4.36. The van der Waals surface area contributed by atoms with Gasteiger partial charge >= 0.3 is 0 Å². The van der Waals surface area contributed by atoms with E-state index in [0.717, 1.165) is 0 Å². The van der Waals surface area contributed by atoms with Crippen molar-refractivity contribution in [2.75, 3.05) is 18.5 Å². The molecule has 2 nitrogen and oxygen atoms in total. The molecule has 0 atom stereocenters. The lowest BCUT2D eigenvalue weighted by Crippen LogP contribution is -2.11. The summed E-state index contributed by atoms with van der Waals surface area (Å²) in [7, 11) is 0. The Morgan fingerprint density at radius 1 is 0.812 bits per heavy atom. The van der Waals surface area contributed by atoms with Gasteiger partial charge in [0.1, 0.15) is 5.69 Å². The van der Waals surface area contributed by atoms with E-state index in [1.807, 2.05) is 5.32 Å². The largest absolute Gasteiger partial charge is 0.396 e. The molecule has 0 bridgehead atoms. The van der Waals surface area contributed by atoms with Gasteiger partial charge in [0.15, 0.2) is 23.3 Å². The van der Waals surface area contributed by atoms with Crippen molar-refractivity contribution in [2.24, 2.45) is 0 Å². The molecule has 0 amide bonds. The standard InChI is InChI=1S/C9H8F5NO/c10-4-5(11)7(13)9(8(14)6(4)12)15-2-1-3-16/h15-16H,1-3H2. The second-order valence-corrected chi connectivity index (χ2v) is 2.95. The first kappa shape index (κ1) is 12.7. The highest BCUT2D eigenvalue weighted by atomic mass is 19.2. The minimum absolute atomic E-state index is 0.102. The molecule has 7 heteroatoms. The molecular formula is C9H8F5NO. The third-order valence-electron chi connectivity index (χ3n) is 1.85. The molecule has 0 saturated carbocycles. The van der Waals surface area contributed by atoms with Crippen LogP contribution in [0.3, 0.4) is 0 Å². The Labute approximate surface area is 87.7 Å². The lowest BCUT2D eigenvalue weighted by Gasteiger charge is -2.09. The summed E-state index contributed by atoms with van der Waals surface area (Å²) >= 11 is 0. The third-order valence-corrected chi connectivity index (χ3v) is 1.85. The smallest absolute Gasteiger partial charge is 0.200 e. The van der Waals surface area contributed by atoms with Crippen molar-refractivity contribution in [1.29, 1.82) is 0 Å². The minimum Gasteiger partial charge on any atom is -0.396 e. The van der Waals surface area contributed by atoms with E-state index in [1.54, 1.807) is 0 Å². The van der Waals surface area contributed by atoms with E-state index in [1.165, 1.54) is 0 Å². The molecule has 1 aromatic carbocycles. The van der Waals surface area contributed by atoms with Crippen molar-refractivity contribution in [3.05, 3.63) is 29.1 Å². The Hall–Kier alpha value is -1.37. The van der Waals surface area contributed by atoms with Gasteiger partial charge in [-0.15, -0.1) is 0 Å². The number of hydrogen-bond donors (Lipinski definition) is 2. The SMILES string of the molecule is OCCCNc1c(F)c(F)c(F)c(F)c1F. The van der Waals surface area contributed by atoms with Gasteiger partial charge in [0, 0.05) is 13.2 Å². The zero-order chi connectivity index (χ0) is 12.3. The van der Waals surface area contributed by atoms with Crippen molar-refractivity contribution in [3.63, 3.8) is 0 Å². The lowest BCUT2D eigenvalue weighted by molar-refractivity contribution is 0.292. The van der Waals surface area contributed by atoms with Gasteiger partial charge in [-0.3, -0.25) is 0 Å². The molecule has 0 aliphatic heterocycles. The van der Waals surface area contributed by atoms with Crippen molar-refractivity contribution >= 4 is 5.69 Å². The summed E-state index contributed by atoms with van der Waals surface area (Å²) in [5, 5.41) is 10.4. The van der Waals surface area contributed by atoms with Crippen molar-refractivity contribution in [2.45, 2.75) is 6.42 Å². The molecule has 0 radical (unpaired) electrons. The summed E-state index contributed by atoms with van der Waals surface area (Å²) in [6.45, 7) is -0.364. The van der Waals surface area contributed by atoms with E-state index >= 15 is 0 Å². The summed E-state index contributed by atoms with van der Waals surface area (Å²) < 4.78 is 63.9. The van der Waals surface area contributed by atoms with Gasteiger partial charge in [0.05, 0.1) is 0 Å². The maximum atomic E-state index is 13.0. The second-order valence-electron chi connectivity index (χ2n) is 2.95. The van der Waals surface area contributed by atoms with Crippen molar-refractivity contribution < 1.29 is 27.1 Å². The predicted octanol–water partition coefficient (Wildman–Crippen LogP) is 2.18. The summed E-state index contributed by atoms with van der Waals surface area (Å²) in [5.74, 6) is -10.00. The van der Waals surface area contributed by atoms with Crippen LogP contribution in [0.15, 0.2) is 0 Å². The van der Waals surface area contributed by atoms with Crippen LogP contribution in [0.1, 0.15) is 6.42 Å². The number of halogens is 5. The highest BCUT2D eigenvalue weighted by Crippen LogP contribution is 2.26. The number of anilines is 1. The number of aliphatic hydroxyl groups excluding tert-OH is 1. The van der Waals surface area contributed by atoms with Crippen LogP contribution in [-0.2, 0) is 0 Å². The summed E-state index contributed by atoms with van der Waals surface area (Å²) in [4.78, 5) is 0. The first-order valence-electron chi connectivity index (χ1n) is 4.36. The molecule has 90 valence electrons. The molecular weight excluding hydrogens is 233 g/mol. The highest BCUT2D eigenvalue weighted by molar-refractivity contribution is 5.47. The molecule has 0 aromatic heterocycles. The fourth-order valence-electron chi connectivity index (χ4n) is 1.05. The molecule has 0 aliphatic rings. The quantitative estimate of drug-likeness (QED) is 0.366. The van der Waals surface area contributed by atoms with Crippen LogP contribution in [0, 0.1) is 29.1 Å². The molecule has 0 fully saturated rings. The first-order chi connectivity index (χ1) is 7.50. The Bertz CT molecular complexity index is 367. The van der Waals surface area contributed by atoms with Gasteiger partial charge < -0.3 is 10.4 Å². The van der Waals surface area contributed by atoms with E-state index in [9.17, 15) is 22.0 Å². The van der Waals surface area contributed by atoms with E-state index < -0.39 is 34.8 Å². The van der Waals surface area contributed by atoms with Crippen LogP contribution < -0.4 is 5.32 Å².